The van der Waals surface area contributed by atoms with E-state index >= 15 is 0 Å². The van der Waals surface area contributed by atoms with E-state index in [-0.39, 0.29) is 16.5 Å². The average Bonchev–Trinajstić information content (AvgIpc) is 2.56. The molecule has 0 atom stereocenters. The van der Waals surface area contributed by atoms with E-state index in [1.807, 2.05) is 0 Å². The van der Waals surface area contributed by atoms with Crippen molar-refractivity contribution in [3.63, 3.8) is 0 Å². The molecule has 0 fully saturated rings. The average molecular weight is 248 g/mol. The van der Waals surface area contributed by atoms with Crippen molar-refractivity contribution >= 4 is 44.3 Å². The molecule has 0 radical (unpaired) electrons. The zero-order valence-electron chi connectivity index (χ0n) is 6.66. The van der Waals surface area contributed by atoms with E-state index in [1.54, 1.807) is 0 Å². The van der Waals surface area contributed by atoms with Crippen LogP contribution in [0.2, 0.25) is 0 Å². The number of carbonyl (C=O) groups excluding carboxylic acids is 1. The first-order valence-corrected chi connectivity index (χ1v) is 6.08. The summed E-state index contributed by atoms with van der Waals surface area (Å²) in [4.78, 5) is 11.9. The lowest BCUT2D eigenvalue weighted by molar-refractivity contribution is -0.111. The summed E-state index contributed by atoms with van der Waals surface area (Å²) in [6.45, 7) is 0. The van der Waals surface area contributed by atoms with Crippen molar-refractivity contribution in [2.75, 3.05) is 0 Å². The van der Waals surface area contributed by atoms with Crippen LogP contribution in [0, 0.1) is 0 Å². The summed E-state index contributed by atoms with van der Waals surface area (Å²) in [7, 11) is 2.43. The van der Waals surface area contributed by atoms with Crippen molar-refractivity contribution < 1.29 is 9.18 Å². The topological polar surface area (TPSA) is 29.4 Å². The molecular weight excluding hydrogens is 245 g/mol. The van der Waals surface area contributed by atoms with Gasteiger partial charge in [0.05, 0.1) is 15.9 Å². The van der Waals surface area contributed by atoms with Gasteiger partial charge in [0.15, 0.2) is 11.0 Å². The molecule has 2 nitrogen and oxygen atoms in total. The van der Waals surface area contributed by atoms with Crippen molar-refractivity contribution in [1.82, 2.24) is 0 Å². The molecule has 2 rings (SSSR count). The lowest BCUT2D eigenvalue weighted by Gasteiger charge is -2.05. The third-order valence-electron chi connectivity index (χ3n) is 1.61. The minimum Gasteiger partial charge on any atom is -0.289 e. The van der Waals surface area contributed by atoms with Crippen molar-refractivity contribution in [2.45, 2.75) is 0 Å². The predicted octanol–water partition coefficient (Wildman–Crippen LogP) is 3.18. The highest BCUT2D eigenvalue weighted by molar-refractivity contribution is 8.78. The maximum atomic E-state index is 12.9. The fourth-order valence-corrected chi connectivity index (χ4v) is 3.34. The van der Waals surface area contributed by atoms with E-state index in [1.165, 1.54) is 33.9 Å². The highest BCUT2D eigenvalue weighted by Crippen LogP contribution is 2.43. The Balaban J connectivity index is 2.48. The van der Waals surface area contributed by atoms with Crippen LogP contribution in [0.1, 0.15) is 0 Å². The molecule has 0 aromatic rings. The summed E-state index contributed by atoms with van der Waals surface area (Å²) in [5, 5.41) is 0.253. The molecule has 2 aliphatic rings. The molecule has 1 heterocycles. The van der Waals surface area contributed by atoms with Gasteiger partial charge >= 0.3 is 0 Å². The van der Waals surface area contributed by atoms with Crippen LogP contribution in [0.15, 0.2) is 38.9 Å². The molecule has 0 amide bonds. The third kappa shape index (κ3) is 1.80. The SMILES string of the molecule is O=C1C=CC(F)=C/C1=C1/SSN=C1Cl. The van der Waals surface area contributed by atoms with Gasteiger partial charge in [-0.25, -0.2) is 4.39 Å². The number of rotatable bonds is 0. The monoisotopic (exact) mass is 247 g/mol. The van der Waals surface area contributed by atoms with Crippen molar-refractivity contribution in [2.24, 2.45) is 4.40 Å². The van der Waals surface area contributed by atoms with Gasteiger partial charge in [0.1, 0.15) is 5.83 Å². The molecule has 0 spiro atoms. The molecule has 0 aromatic heterocycles. The number of allylic oxidation sites excluding steroid dienone is 6. The van der Waals surface area contributed by atoms with Gasteiger partial charge in [0.25, 0.3) is 0 Å². The first-order valence-electron chi connectivity index (χ1n) is 3.60. The van der Waals surface area contributed by atoms with E-state index in [4.69, 9.17) is 11.6 Å². The lowest BCUT2D eigenvalue weighted by atomic mass is 10.1. The van der Waals surface area contributed by atoms with Gasteiger partial charge in [-0.15, -0.1) is 0 Å². The maximum absolute atomic E-state index is 12.9. The summed E-state index contributed by atoms with van der Waals surface area (Å²) < 4.78 is 16.7. The first kappa shape index (κ1) is 10.0. The van der Waals surface area contributed by atoms with Crippen molar-refractivity contribution in [1.29, 1.82) is 0 Å². The summed E-state index contributed by atoms with van der Waals surface area (Å²) in [6.07, 6.45) is 3.49. The molecule has 6 heteroatoms. The molecule has 72 valence electrons. The highest BCUT2D eigenvalue weighted by atomic mass is 35.5. The van der Waals surface area contributed by atoms with Crippen LogP contribution < -0.4 is 0 Å². The largest absolute Gasteiger partial charge is 0.289 e. The number of halogens is 2. The minimum absolute atomic E-state index is 0.246. The van der Waals surface area contributed by atoms with E-state index in [0.29, 0.717) is 4.91 Å². The van der Waals surface area contributed by atoms with Crippen molar-refractivity contribution in [3.05, 3.63) is 34.5 Å². The lowest BCUT2D eigenvalue weighted by Crippen LogP contribution is -2.04. The van der Waals surface area contributed by atoms with Gasteiger partial charge in [-0.3, -0.25) is 4.79 Å². The van der Waals surface area contributed by atoms with Crippen LogP contribution in [-0.4, -0.2) is 11.0 Å². The Kier molecular flexibility index (Phi) is 2.80. The van der Waals surface area contributed by atoms with Gasteiger partial charge in [-0.1, -0.05) is 11.6 Å². The number of hydrogen-bond acceptors (Lipinski definition) is 4. The summed E-state index contributed by atoms with van der Waals surface area (Å²) in [5.41, 5.74) is 0.272. The zero-order valence-corrected chi connectivity index (χ0v) is 9.05. The summed E-state index contributed by atoms with van der Waals surface area (Å²) in [6, 6.07) is 0. The van der Waals surface area contributed by atoms with E-state index < -0.39 is 5.83 Å². The molecule has 0 aromatic carbocycles. The van der Waals surface area contributed by atoms with Gasteiger partial charge in [-0.05, 0) is 29.0 Å². The Morgan fingerprint density at radius 2 is 2.21 bits per heavy atom. The summed E-state index contributed by atoms with van der Waals surface area (Å²) in [5.74, 6) is -0.696. The van der Waals surface area contributed by atoms with E-state index in [9.17, 15) is 9.18 Å². The minimum atomic E-state index is -0.450. The Labute approximate surface area is 92.5 Å². The normalized spacial score (nSPS) is 26.6. The maximum Gasteiger partial charge on any atom is 0.187 e. The quantitative estimate of drug-likeness (QED) is 0.374. The highest BCUT2D eigenvalue weighted by Gasteiger charge is 2.22. The smallest absolute Gasteiger partial charge is 0.187 e. The third-order valence-corrected chi connectivity index (χ3v) is 3.96. The number of hydrogen-bond donors (Lipinski definition) is 0. The van der Waals surface area contributed by atoms with E-state index in [2.05, 4.69) is 4.40 Å². The number of ketones is 1. The Morgan fingerprint density at radius 3 is 2.86 bits per heavy atom. The fraction of sp³-hybridized carbons (Fsp3) is 0. The van der Waals surface area contributed by atoms with E-state index in [0.717, 1.165) is 6.08 Å². The second-order valence-corrected chi connectivity index (χ2v) is 4.72. The molecule has 0 N–H and O–H groups in total. The number of nitrogens with zero attached hydrogens (tertiary/aromatic N) is 1. The first-order chi connectivity index (χ1) is 6.68. The van der Waals surface area contributed by atoms with Gasteiger partial charge in [0, 0.05) is 5.57 Å². The molecule has 0 saturated heterocycles. The van der Waals surface area contributed by atoms with Crippen LogP contribution in [0.4, 0.5) is 4.39 Å². The van der Waals surface area contributed by atoms with Crippen molar-refractivity contribution in [3.8, 4) is 0 Å². The molecule has 1 aliphatic carbocycles. The molecular formula is C8H3ClFNOS2. The molecule has 14 heavy (non-hydrogen) atoms. The molecule has 1 aliphatic heterocycles. The molecule has 0 unspecified atom stereocenters. The second kappa shape index (κ2) is 3.92. The Morgan fingerprint density at radius 1 is 1.43 bits per heavy atom. The number of carbonyl (C=O) groups is 1. The van der Waals surface area contributed by atoms with Crippen LogP contribution >= 0.6 is 33.4 Å². The van der Waals surface area contributed by atoms with Gasteiger partial charge in [-0.2, -0.15) is 4.40 Å². The second-order valence-electron chi connectivity index (χ2n) is 2.51. The zero-order chi connectivity index (χ0) is 10.1. The van der Waals surface area contributed by atoms with Crippen LogP contribution in [-0.2, 0) is 4.79 Å². The molecule has 0 saturated carbocycles. The van der Waals surface area contributed by atoms with Crippen LogP contribution in [0.25, 0.3) is 0 Å². The predicted molar refractivity (Wildman–Crippen MR) is 58.8 cm³/mol. The summed E-state index contributed by atoms with van der Waals surface area (Å²) >= 11 is 5.75. The Hall–Kier alpha value is -0.520. The van der Waals surface area contributed by atoms with Crippen LogP contribution in [0.5, 0.6) is 0 Å². The molecule has 0 bridgehead atoms. The van der Waals surface area contributed by atoms with Crippen LogP contribution in [0.3, 0.4) is 0 Å². The standard InChI is InChI=1S/C8H3ClFNOS2/c9-8-7(13-14-11-8)5-3-4(10)1-2-6(5)12/h1-3H/b7-5-. The fourth-order valence-electron chi connectivity index (χ4n) is 1.00. The van der Waals surface area contributed by atoms with Gasteiger partial charge < -0.3 is 0 Å². The Bertz CT molecular complexity index is 425. The van der Waals surface area contributed by atoms with Gasteiger partial charge in [0.2, 0.25) is 0 Å².